The zero-order valence-electron chi connectivity index (χ0n) is 13.5. The normalized spacial score (nSPS) is 13.7. The number of rotatable bonds is 5. The van der Waals surface area contributed by atoms with Crippen LogP contribution in [0.4, 0.5) is 0 Å². The first-order valence-electron chi connectivity index (χ1n) is 8.13. The maximum atomic E-state index is 13.2. The van der Waals surface area contributed by atoms with Crippen molar-refractivity contribution in [3.8, 4) is 11.5 Å². The molecule has 0 spiro atoms. The molecule has 0 N–H and O–H groups in total. The first-order chi connectivity index (χ1) is 11.8. The predicted molar refractivity (Wildman–Crippen MR) is 94.0 cm³/mol. The molecule has 0 radical (unpaired) electrons. The van der Waals surface area contributed by atoms with Crippen LogP contribution in [-0.4, -0.2) is 19.0 Å². The molecule has 0 saturated heterocycles. The molecule has 1 aliphatic rings. The van der Waals surface area contributed by atoms with Crippen molar-refractivity contribution in [1.82, 2.24) is 0 Å². The van der Waals surface area contributed by atoms with E-state index in [9.17, 15) is 4.79 Å². The van der Waals surface area contributed by atoms with Crippen LogP contribution >= 0.6 is 0 Å². The number of carbonyl (C=O) groups excluding carboxylic acids is 1. The van der Waals surface area contributed by atoms with E-state index >= 15 is 0 Å². The summed E-state index contributed by atoms with van der Waals surface area (Å²) >= 11 is 0. The maximum Gasteiger partial charge on any atom is 0.197 e. The van der Waals surface area contributed by atoms with Crippen LogP contribution in [0, 0.1) is 0 Å². The molecular weight excluding hydrogens is 300 g/mol. The number of carbonyl (C=O) groups is 1. The summed E-state index contributed by atoms with van der Waals surface area (Å²) < 4.78 is 11.2. The van der Waals surface area contributed by atoms with Gasteiger partial charge < -0.3 is 9.47 Å². The van der Waals surface area contributed by atoms with Crippen LogP contribution in [0.15, 0.2) is 60.7 Å². The Balaban J connectivity index is 1.83. The van der Waals surface area contributed by atoms with Gasteiger partial charge in [0.2, 0.25) is 0 Å². The smallest absolute Gasteiger partial charge is 0.197 e. The lowest BCUT2D eigenvalue weighted by Crippen LogP contribution is -2.07. The van der Waals surface area contributed by atoms with Gasteiger partial charge in [0.15, 0.2) is 5.78 Å². The molecule has 0 aliphatic heterocycles. The summed E-state index contributed by atoms with van der Waals surface area (Å²) in [6.45, 7) is 0. The van der Waals surface area contributed by atoms with Gasteiger partial charge >= 0.3 is 0 Å². The number of methoxy groups -OCH3 is 1. The topological polar surface area (TPSA) is 35.5 Å². The second kappa shape index (κ2) is 6.00. The molecule has 3 heteroatoms. The van der Waals surface area contributed by atoms with E-state index in [1.807, 2.05) is 36.4 Å². The second-order valence-corrected chi connectivity index (χ2v) is 6.03. The summed E-state index contributed by atoms with van der Waals surface area (Å²) in [4.78, 5) is 13.2. The van der Waals surface area contributed by atoms with Crippen LogP contribution in [-0.2, 0) is 0 Å². The number of fused-ring (bicyclic) bond motifs is 1. The summed E-state index contributed by atoms with van der Waals surface area (Å²) in [7, 11) is 1.61. The second-order valence-electron chi connectivity index (χ2n) is 6.03. The van der Waals surface area contributed by atoms with Gasteiger partial charge in [-0.3, -0.25) is 4.79 Å². The van der Waals surface area contributed by atoms with E-state index in [0.29, 0.717) is 16.9 Å². The molecule has 1 saturated carbocycles. The third kappa shape index (κ3) is 2.73. The fourth-order valence-corrected chi connectivity index (χ4v) is 2.84. The van der Waals surface area contributed by atoms with E-state index in [-0.39, 0.29) is 11.9 Å². The summed E-state index contributed by atoms with van der Waals surface area (Å²) in [6, 6.07) is 19.1. The number of hydrogen-bond donors (Lipinski definition) is 0. The van der Waals surface area contributed by atoms with E-state index in [4.69, 9.17) is 9.47 Å². The molecule has 1 aliphatic carbocycles. The lowest BCUT2D eigenvalue weighted by molar-refractivity contribution is 0.103. The third-order valence-electron chi connectivity index (χ3n) is 4.29. The Bertz CT molecular complexity index is 893. The molecule has 0 aromatic heterocycles. The zero-order valence-corrected chi connectivity index (χ0v) is 13.5. The molecule has 3 aromatic rings. The minimum absolute atomic E-state index is 0.0231. The monoisotopic (exact) mass is 318 g/mol. The van der Waals surface area contributed by atoms with Crippen molar-refractivity contribution in [3.05, 3.63) is 71.8 Å². The SMILES string of the molecule is COc1ccc(C(=O)c2c(OC3CC3)ccc3ccccc23)cc1. The van der Waals surface area contributed by atoms with Crippen molar-refractivity contribution < 1.29 is 14.3 Å². The van der Waals surface area contributed by atoms with E-state index in [1.54, 1.807) is 31.4 Å². The van der Waals surface area contributed by atoms with Gasteiger partial charge in [0.05, 0.1) is 18.8 Å². The van der Waals surface area contributed by atoms with E-state index in [2.05, 4.69) is 0 Å². The molecule has 3 aromatic carbocycles. The summed E-state index contributed by atoms with van der Waals surface area (Å²) in [5.74, 6) is 1.39. The number of hydrogen-bond acceptors (Lipinski definition) is 3. The lowest BCUT2D eigenvalue weighted by atomic mass is 9.96. The summed E-state index contributed by atoms with van der Waals surface area (Å²) in [6.07, 6.45) is 2.36. The van der Waals surface area contributed by atoms with Crippen molar-refractivity contribution in [2.24, 2.45) is 0 Å². The lowest BCUT2D eigenvalue weighted by Gasteiger charge is -2.13. The molecule has 24 heavy (non-hydrogen) atoms. The minimum Gasteiger partial charge on any atom is -0.497 e. The fourth-order valence-electron chi connectivity index (χ4n) is 2.84. The highest BCUT2D eigenvalue weighted by molar-refractivity contribution is 6.18. The molecule has 4 rings (SSSR count). The van der Waals surface area contributed by atoms with Crippen molar-refractivity contribution >= 4 is 16.6 Å². The molecule has 3 nitrogen and oxygen atoms in total. The summed E-state index contributed by atoms with van der Waals surface area (Å²) in [5, 5.41) is 1.97. The van der Waals surface area contributed by atoms with Crippen LogP contribution in [0.3, 0.4) is 0 Å². The van der Waals surface area contributed by atoms with Crippen molar-refractivity contribution in [2.45, 2.75) is 18.9 Å². The standard InChI is InChI=1S/C21H18O3/c1-23-16-9-6-15(7-10-16)21(22)20-18-5-3-2-4-14(18)8-13-19(20)24-17-11-12-17/h2-10,13,17H,11-12H2,1H3. The zero-order chi connectivity index (χ0) is 16.5. The number of ether oxygens (including phenoxy) is 2. The third-order valence-corrected chi connectivity index (χ3v) is 4.29. The predicted octanol–water partition coefficient (Wildman–Crippen LogP) is 4.62. The molecule has 120 valence electrons. The summed E-state index contributed by atoms with van der Waals surface area (Å²) in [5.41, 5.74) is 1.28. The Morgan fingerprint density at radius 2 is 1.71 bits per heavy atom. The first-order valence-corrected chi connectivity index (χ1v) is 8.13. The van der Waals surface area contributed by atoms with Gasteiger partial charge in [0, 0.05) is 5.56 Å². The Kier molecular flexibility index (Phi) is 3.69. The minimum atomic E-state index is -0.0231. The Morgan fingerprint density at radius 1 is 0.958 bits per heavy atom. The van der Waals surface area contributed by atoms with E-state index in [1.165, 1.54) is 0 Å². The highest BCUT2D eigenvalue weighted by Crippen LogP contribution is 2.34. The Labute approximate surface area is 140 Å². The molecule has 0 atom stereocenters. The van der Waals surface area contributed by atoms with Gasteiger partial charge in [-0.25, -0.2) is 0 Å². The first kappa shape index (κ1) is 14.8. The van der Waals surface area contributed by atoms with Gasteiger partial charge in [0.25, 0.3) is 0 Å². The Hall–Kier alpha value is -2.81. The molecule has 0 unspecified atom stereocenters. The van der Waals surface area contributed by atoms with Crippen molar-refractivity contribution in [1.29, 1.82) is 0 Å². The molecule has 1 fully saturated rings. The maximum absolute atomic E-state index is 13.2. The van der Waals surface area contributed by atoms with Crippen LogP contribution in [0.5, 0.6) is 11.5 Å². The van der Waals surface area contributed by atoms with Gasteiger partial charge in [0.1, 0.15) is 11.5 Å². The number of ketones is 1. The van der Waals surface area contributed by atoms with Crippen LogP contribution in [0.1, 0.15) is 28.8 Å². The largest absolute Gasteiger partial charge is 0.497 e. The van der Waals surface area contributed by atoms with Gasteiger partial charge in [-0.05, 0) is 53.9 Å². The van der Waals surface area contributed by atoms with Crippen molar-refractivity contribution in [3.63, 3.8) is 0 Å². The van der Waals surface area contributed by atoms with Gasteiger partial charge in [-0.2, -0.15) is 0 Å². The number of benzene rings is 3. The van der Waals surface area contributed by atoms with E-state index in [0.717, 1.165) is 29.4 Å². The highest BCUT2D eigenvalue weighted by atomic mass is 16.5. The van der Waals surface area contributed by atoms with Crippen LogP contribution in [0.2, 0.25) is 0 Å². The van der Waals surface area contributed by atoms with Gasteiger partial charge in [-0.1, -0.05) is 30.3 Å². The van der Waals surface area contributed by atoms with Crippen LogP contribution in [0.25, 0.3) is 10.8 Å². The molecule has 0 amide bonds. The van der Waals surface area contributed by atoms with E-state index < -0.39 is 0 Å². The van der Waals surface area contributed by atoms with Gasteiger partial charge in [-0.15, -0.1) is 0 Å². The quantitative estimate of drug-likeness (QED) is 0.644. The van der Waals surface area contributed by atoms with Crippen LogP contribution < -0.4 is 9.47 Å². The average Bonchev–Trinajstić information content (AvgIpc) is 3.45. The average molecular weight is 318 g/mol. The molecule has 0 bridgehead atoms. The molecular formula is C21H18O3. The Morgan fingerprint density at radius 3 is 2.42 bits per heavy atom. The van der Waals surface area contributed by atoms with Crippen molar-refractivity contribution in [2.75, 3.05) is 7.11 Å². The highest BCUT2D eigenvalue weighted by Gasteiger charge is 2.27. The fraction of sp³-hybridized carbons (Fsp3) is 0.190. The molecule has 0 heterocycles.